The minimum Gasteiger partial charge on any atom is -0.478 e. The van der Waals surface area contributed by atoms with Crippen LogP contribution in [-0.4, -0.2) is 28.0 Å². The Kier molecular flexibility index (Phi) is 6.35. The summed E-state index contributed by atoms with van der Waals surface area (Å²) < 4.78 is 1.16. The molecule has 0 fully saturated rings. The molecule has 0 radical (unpaired) electrons. The molecule has 0 saturated heterocycles. The number of anilines is 1. The lowest BCUT2D eigenvalue weighted by Crippen LogP contribution is -2.18. The van der Waals surface area contributed by atoms with Crippen molar-refractivity contribution >= 4 is 61.2 Å². The van der Waals surface area contributed by atoms with E-state index in [0.29, 0.717) is 19.9 Å². The first kappa shape index (κ1) is 16.5. The van der Waals surface area contributed by atoms with Crippen molar-refractivity contribution in [2.75, 3.05) is 11.1 Å². The van der Waals surface area contributed by atoms with Crippen LogP contribution in [-0.2, 0) is 4.79 Å². The summed E-state index contributed by atoms with van der Waals surface area (Å²) in [4.78, 5) is 22.9. The van der Waals surface area contributed by atoms with E-state index in [4.69, 9.17) is 5.11 Å². The number of halogens is 2. The maximum Gasteiger partial charge on any atom is 0.337 e. The number of thioether (sulfide) groups is 1. The molecule has 0 atom stereocenters. The molecule has 1 amide bonds. The zero-order chi connectivity index (χ0) is 14.6. The van der Waals surface area contributed by atoms with Crippen LogP contribution in [0.4, 0.5) is 5.69 Å². The van der Waals surface area contributed by atoms with E-state index in [0.717, 1.165) is 0 Å². The van der Waals surface area contributed by atoms with Crippen LogP contribution in [0.2, 0.25) is 0 Å². The standard InChI is InChI=1S/C12H13Br2NO3S/c1-6(2)19-5-10(16)15-11-8(12(17)18)3-7(13)4-9(11)14/h3-4,6H,5H2,1-2H3,(H,15,16)(H,17,18). The second kappa shape index (κ2) is 7.31. The molecule has 0 bridgehead atoms. The number of hydrogen-bond acceptors (Lipinski definition) is 3. The highest BCUT2D eigenvalue weighted by Gasteiger charge is 2.17. The fourth-order valence-electron chi connectivity index (χ4n) is 1.29. The number of nitrogens with one attached hydrogen (secondary N) is 1. The lowest BCUT2D eigenvalue weighted by Gasteiger charge is -2.12. The molecule has 0 aliphatic carbocycles. The van der Waals surface area contributed by atoms with E-state index >= 15 is 0 Å². The maximum atomic E-state index is 11.8. The van der Waals surface area contributed by atoms with Gasteiger partial charge in [-0.25, -0.2) is 4.79 Å². The molecule has 19 heavy (non-hydrogen) atoms. The van der Waals surface area contributed by atoms with Crippen LogP contribution in [0.1, 0.15) is 24.2 Å². The lowest BCUT2D eigenvalue weighted by molar-refractivity contribution is -0.113. The van der Waals surface area contributed by atoms with E-state index in [1.165, 1.54) is 17.8 Å². The molecule has 2 N–H and O–H groups in total. The average molecular weight is 411 g/mol. The Bertz CT molecular complexity index is 506. The third-order valence-electron chi connectivity index (χ3n) is 2.10. The number of carbonyl (C=O) groups excluding carboxylic acids is 1. The summed E-state index contributed by atoms with van der Waals surface area (Å²) in [5.74, 6) is -1.02. The average Bonchev–Trinajstić information content (AvgIpc) is 2.29. The Balaban J connectivity index is 2.94. The van der Waals surface area contributed by atoms with Crippen molar-refractivity contribution < 1.29 is 14.7 Å². The number of hydrogen-bond donors (Lipinski definition) is 2. The highest BCUT2D eigenvalue weighted by Crippen LogP contribution is 2.31. The normalized spacial score (nSPS) is 10.6. The second-order valence-corrected chi connectivity index (χ2v) is 7.36. The van der Waals surface area contributed by atoms with E-state index in [-0.39, 0.29) is 17.2 Å². The number of benzene rings is 1. The second-order valence-electron chi connectivity index (χ2n) is 4.02. The van der Waals surface area contributed by atoms with E-state index in [2.05, 4.69) is 37.2 Å². The van der Waals surface area contributed by atoms with Crippen LogP contribution in [0.25, 0.3) is 0 Å². The molecule has 0 aliphatic rings. The maximum absolute atomic E-state index is 11.8. The van der Waals surface area contributed by atoms with Crippen LogP contribution in [0.3, 0.4) is 0 Å². The largest absolute Gasteiger partial charge is 0.478 e. The Morgan fingerprint density at radius 1 is 1.37 bits per heavy atom. The van der Waals surface area contributed by atoms with Gasteiger partial charge in [0, 0.05) is 8.95 Å². The summed E-state index contributed by atoms with van der Waals surface area (Å²) in [6.45, 7) is 3.99. The van der Waals surface area contributed by atoms with Crippen molar-refractivity contribution in [3.63, 3.8) is 0 Å². The monoisotopic (exact) mass is 409 g/mol. The number of rotatable bonds is 5. The molecule has 1 aromatic rings. The Labute approximate surface area is 132 Å². The van der Waals surface area contributed by atoms with Crippen molar-refractivity contribution in [2.24, 2.45) is 0 Å². The molecular formula is C12H13Br2NO3S. The van der Waals surface area contributed by atoms with Gasteiger partial charge in [-0.1, -0.05) is 29.8 Å². The van der Waals surface area contributed by atoms with Gasteiger partial charge in [0.05, 0.1) is 17.0 Å². The molecule has 0 saturated carbocycles. The van der Waals surface area contributed by atoms with Gasteiger partial charge in [0.1, 0.15) is 0 Å². The van der Waals surface area contributed by atoms with Crippen molar-refractivity contribution in [2.45, 2.75) is 19.1 Å². The van der Waals surface area contributed by atoms with E-state index in [1.54, 1.807) is 6.07 Å². The fraction of sp³-hybridized carbons (Fsp3) is 0.333. The van der Waals surface area contributed by atoms with Gasteiger partial charge in [-0.3, -0.25) is 4.79 Å². The molecule has 0 spiro atoms. The quantitative estimate of drug-likeness (QED) is 0.770. The highest BCUT2D eigenvalue weighted by molar-refractivity contribution is 9.11. The molecule has 104 valence electrons. The number of carboxylic acids is 1. The van der Waals surface area contributed by atoms with E-state index < -0.39 is 5.97 Å². The topological polar surface area (TPSA) is 66.4 Å². The summed E-state index contributed by atoms with van der Waals surface area (Å²) >= 11 is 7.98. The van der Waals surface area contributed by atoms with Gasteiger partial charge in [0.2, 0.25) is 5.91 Å². The zero-order valence-corrected chi connectivity index (χ0v) is 14.4. The van der Waals surface area contributed by atoms with Crippen LogP contribution in [0.15, 0.2) is 21.1 Å². The summed E-state index contributed by atoms with van der Waals surface area (Å²) in [5, 5.41) is 12.1. The minimum atomic E-state index is -1.09. The van der Waals surface area contributed by atoms with Gasteiger partial charge in [0.15, 0.2) is 0 Å². The Morgan fingerprint density at radius 3 is 2.53 bits per heavy atom. The van der Waals surface area contributed by atoms with Crippen LogP contribution >= 0.6 is 43.6 Å². The molecule has 4 nitrogen and oxygen atoms in total. The van der Waals surface area contributed by atoms with Crippen LogP contribution in [0, 0.1) is 0 Å². The first-order chi connectivity index (χ1) is 8.81. The van der Waals surface area contributed by atoms with Gasteiger partial charge in [-0.2, -0.15) is 0 Å². The van der Waals surface area contributed by atoms with Gasteiger partial charge in [-0.15, -0.1) is 11.8 Å². The number of carbonyl (C=O) groups is 2. The van der Waals surface area contributed by atoms with Crippen LogP contribution in [0.5, 0.6) is 0 Å². The highest BCUT2D eigenvalue weighted by atomic mass is 79.9. The summed E-state index contributed by atoms with van der Waals surface area (Å²) in [6.07, 6.45) is 0. The molecular weight excluding hydrogens is 398 g/mol. The molecule has 0 aliphatic heterocycles. The summed E-state index contributed by atoms with van der Waals surface area (Å²) in [7, 11) is 0. The molecule has 7 heteroatoms. The summed E-state index contributed by atoms with van der Waals surface area (Å²) in [6, 6.07) is 3.15. The first-order valence-corrected chi connectivity index (χ1v) is 8.08. The third kappa shape index (κ3) is 5.16. The number of aromatic carboxylic acids is 1. The molecule has 0 aromatic heterocycles. The van der Waals surface area contributed by atoms with Crippen molar-refractivity contribution in [3.05, 3.63) is 26.6 Å². The molecule has 1 rings (SSSR count). The number of amides is 1. The minimum absolute atomic E-state index is 0.0455. The first-order valence-electron chi connectivity index (χ1n) is 5.45. The van der Waals surface area contributed by atoms with Crippen molar-refractivity contribution in [3.8, 4) is 0 Å². The smallest absolute Gasteiger partial charge is 0.337 e. The van der Waals surface area contributed by atoms with Crippen molar-refractivity contribution in [1.82, 2.24) is 0 Å². The Hall–Kier alpha value is -0.530. The Morgan fingerprint density at radius 2 is 2.00 bits per heavy atom. The third-order valence-corrected chi connectivity index (χ3v) is 4.28. The predicted octanol–water partition coefficient (Wildman–Crippen LogP) is 3.99. The van der Waals surface area contributed by atoms with Crippen LogP contribution < -0.4 is 5.32 Å². The van der Waals surface area contributed by atoms with Gasteiger partial charge >= 0.3 is 5.97 Å². The fourth-order valence-corrected chi connectivity index (χ4v) is 3.17. The lowest BCUT2D eigenvalue weighted by atomic mass is 10.2. The zero-order valence-electron chi connectivity index (χ0n) is 10.4. The predicted molar refractivity (Wildman–Crippen MR) is 85.0 cm³/mol. The SMILES string of the molecule is CC(C)SCC(=O)Nc1c(Br)cc(Br)cc1C(=O)O. The van der Waals surface area contributed by atoms with E-state index in [1.807, 2.05) is 13.8 Å². The van der Waals surface area contributed by atoms with Crippen molar-refractivity contribution in [1.29, 1.82) is 0 Å². The number of carboxylic acid groups (broad SMARTS) is 1. The van der Waals surface area contributed by atoms with E-state index in [9.17, 15) is 9.59 Å². The molecule has 0 unspecified atom stereocenters. The van der Waals surface area contributed by atoms with Gasteiger partial charge < -0.3 is 10.4 Å². The molecule has 0 heterocycles. The molecule has 1 aromatic carbocycles. The van der Waals surface area contributed by atoms with Gasteiger partial charge in [0.25, 0.3) is 0 Å². The van der Waals surface area contributed by atoms with Gasteiger partial charge in [-0.05, 0) is 33.3 Å². The summed E-state index contributed by atoms with van der Waals surface area (Å²) in [5.41, 5.74) is 0.328.